The summed E-state index contributed by atoms with van der Waals surface area (Å²) in [5.41, 5.74) is 0. The lowest BCUT2D eigenvalue weighted by Gasteiger charge is -2.37. The monoisotopic (exact) mass is 210 g/mol. The molecule has 2 heterocycles. The molecular weight excluding hydrogens is 196 g/mol. The molecule has 3 rings (SSSR count). The lowest BCUT2D eigenvalue weighted by atomic mass is 10.1. The first-order chi connectivity index (χ1) is 6.75. The van der Waals surface area contributed by atoms with Crippen molar-refractivity contribution in [3.8, 4) is 0 Å². The molecule has 1 saturated heterocycles. The lowest BCUT2D eigenvalue weighted by Crippen LogP contribution is -2.45. The van der Waals surface area contributed by atoms with Crippen LogP contribution in [0.25, 0.3) is 0 Å². The Labute approximate surface area is 87.9 Å². The SMILES string of the molecule is CN1CC(n2c(C3CC3)n[nH]c2=S)C1. The Morgan fingerprint density at radius 3 is 2.71 bits per heavy atom. The number of aromatic nitrogens is 3. The number of nitrogens with zero attached hydrogens (tertiary/aromatic N) is 3. The Hall–Kier alpha value is -0.680. The molecule has 2 aliphatic rings. The van der Waals surface area contributed by atoms with Gasteiger partial charge >= 0.3 is 0 Å². The quantitative estimate of drug-likeness (QED) is 0.748. The van der Waals surface area contributed by atoms with Gasteiger partial charge in [0.25, 0.3) is 0 Å². The summed E-state index contributed by atoms with van der Waals surface area (Å²) in [6.07, 6.45) is 2.56. The highest BCUT2D eigenvalue weighted by Gasteiger charge is 2.34. The van der Waals surface area contributed by atoms with Crippen molar-refractivity contribution >= 4 is 12.2 Å². The van der Waals surface area contributed by atoms with Crippen LogP contribution in [0.5, 0.6) is 0 Å². The molecule has 1 aromatic heterocycles. The average Bonchev–Trinajstić information content (AvgIpc) is 2.86. The van der Waals surface area contributed by atoms with Crippen LogP contribution in [0.1, 0.15) is 30.6 Å². The highest BCUT2D eigenvalue weighted by atomic mass is 32.1. The van der Waals surface area contributed by atoms with E-state index in [4.69, 9.17) is 12.2 Å². The number of nitrogens with one attached hydrogen (secondary N) is 1. The molecule has 0 bridgehead atoms. The minimum absolute atomic E-state index is 0.557. The predicted octanol–water partition coefficient (Wildman–Crippen LogP) is 1.30. The molecule has 0 unspecified atom stereocenters. The summed E-state index contributed by atoms with van der Waals surface area (Å²) in [5.74, 6) is 1.86. The topological polar surface area (TPSA) is 36.9 Å². The van der Waals surface area contributed by atoms with Gasteiger partial charge in [0.1, 0.15) is 5.82 Å². The van der Waals surface area contributed by atoms with Crippen LogP contribution in [0.15, 0.2) is 0 Å². The highest BCUT2D eigenvalue weighted by Crippen LogP contribution is 2.40. The first-order valence-electron chi connectivity index (χ1n) is 5.11. The van der Waals surface area contributed by atoms with E-state index in [1.807, 2.05) is 0 Å². The van der Waals surface area contributed by atoms with Gasteiger partial charge in [0.05, 0.1) is 6.04 Å². The van der Waals surface area contributed by atoms with E-state index in [0.717, 1.165) is 17.9 Å². The molecule has 0 spiro atoms. The fraction of sp³-hybridized carbons (Fsp3) is 0.778. The second kappa shape index (κ2) is 2.90. The summed E-state index contributed by atoms with van der Waals surface area (Å²) in [5, 5.41) is 7.25. The molecule has 0 atom stereocenters. The van der Waals surface area contributed by atoms with Crippen LogP contribution in [0.4, 0.5) is 0 Å². The van der Waals surface area contributed by atoms with E-state index < -0.39 is 0 Å². The van der Waals surface area contributed by atoms with Gasteiger partial charge in [-0.2, -0.15) is 5.10 Å². The molecule has 1 aromatic rings. The van der Waals surface area contributed by atoms with Gasteiger partial charge in [-0.25, -0.2) is 0 Å². The van der Waals surface area contributed by atoms with Crippen molar-refractivity contribution in [3.63, 3.8) is 0 Å². The second-order valence-corrected chi connectivity index (χ2v) is 4.79. The second-order valence-electron chi connectivity index (χ2n) is 4.41. The molecule has 1 saturated carbocycles. The number of hydrogen-bond donors (Lipinski definition) is 1. The van der Waals surface area contributed by atoms with Crippen LogP contribution in [0, 0.1) is 4.77 Å². The maximum Gasteiger partial charge on any atom is 0.195 e. The van der Waals surface area contributed by atoms with Gasteiger partial charge in [-0.05, 0) is 32.1 Å². The van der Waals surface area contributed by atoms with Crippen molar-refractivity contribution in [2.45, 2.75) is 24.8 Å². The van der Waals surface area contributed by atoms with Crippen LogP contribution in [-0.2, 0) is 0 Å². The van der Waals surface area contributed by atoms with Crippen LogP contribution in [-0.4, -0.2) is 39.8 Å². The lowest BCUT2D eigenvalue weighted by molar-refractivity contribution is 0.137. The van der Waals surface area contributed by atoms with E-state index >= 15 is 0 Å². The van der Waals surface area contributed by atoms with Crippen LogP contribution < -0.4 is 0 Å². The van der Waals surface area contributed by atoms with Gasteiger partial charge in [0.15, 0.2) is 4.77 Å². The molecule has 0 amide bonds. The van der Waals surface area contributed by atoms with E-state index in [-0.39, 0.29) is 0 Å². The Morgan fingerprint density at radius 1 is 1.43 bits per heavy atom. The summed E-state index contributed by atoms with van der Waals surface area (Å²) >= 11 is 5.26. The minimum atomic E-state index is 0.557. The number of hydrogen-bond acceptors (Lipinski definition) is 3. The number of rotatable bonds is 2. The molecule has 1 N–H and O–H groups in total. The van der Waals surface area contributed by atoms with Crippen LogP contribution in [0.3, 0.4) is 0 Å². The largest absolute Gasteiger partial charge is 0.302 e. The third-order valence-corrected chi connectivity index (χ3v) is 3.37. The van der Waals surface area contributed by atoms with Crippen LogP contribution >= 0.6 is 12.2 Å². The van der Waals surface area contributed by atoms with Gasteiger partial charge < -0.3 is 4.90 Å². The summed E-state index contributed by atoms with van der Waals surface area (Å²) in [7, 11) is 2.14. The van der Waals surface area contributed by atoms with Gasteiger partial charge in [0, 0.05) is 19.0 Å². The van der Waals surface area contributed by atoms with Gasteiger partial charge in [-0.1, -0.05) is 0 Å². The molecule has 0 aromatic carbocycles. The van der Waals surface area contributed by atoms with E-state index in [9.17, 15) is 0 Å². The van der Waals surface area contributed by atoms with Gasteiger partial charge in [-0.15, -0.1) is 0 Å². The number of H-pyrrole nitrogens is 1. The minimum Gasteiger partial charge on any atom is -0.302 e. The van der Waals surface area contributed by atoms with Crippen molar-refractivity contribution < 1.29 is 0 Å². The van der Waals surface area contributed by atoms with Crippen molar-refractivity contribution in [1.29, 1.82) is 0 Å². The highest BCUT2D eigenvalue weighted by molar-refractivity contribution is 7.71. The Morgan fingerprint density at radius 2 is 2.14 bits per heavy atom. The fourth-order valence-electron chi connectivity index (χ4n) is 2.13. The first kappa shape index (κ1) is 8.61. The standard InChI is InChI=1S/C9H14N4S/c1-12-4-7(5-12)13-8(6-2-3-6)10-11-9(13)14/h6-7H,2-5H2,1H3,(H,11,14). The summed E-state index contributed by atoms with van der Waals surface area (Å²) in [6.45, 7) is 2.21. The zero-order valence-corrected chi connectivity index (χ0v) is 9.05. The van der Waals surface area contributed by atoms with E-state index in [1.165, 1.54) is 18.7 Å². The molecule has 0 radical (unpaired) electrons. The van der Waals surface area contributed by atoms with E-state index in [1.54, 1.807) is 0 Å². The number of aromatic amines is 1. The summed E-state index contributed by atoms with van der Waals surface area (Å²) in [6, 6.07) is 0.557. The van der Waals surface area contributed by atoms with E-state index in [0.29, 0.717) is 12.0 Å². The average molecular weight is 210 g/mol. The number of likely N-dealkylation sites (N-methyl/N-ethyl adjacent to an activating group) is 1. The van der Waals surface area contributed by atoms with Gasteiger partial charge in [-0.3, -0.25) is 9.67 Å². The Bertz CT molecular complexity index is 397. The van der Waals surface area contributed by atoms with E-state index in [2.05, 4.69) is 26.7 Å². The molecule has 4 nitrogen and oxygen atoms in total. The Kier molecular flexibility index (Phi) is 1.79. The van der Waals surface area contributed by atoms with Crippen LogP contribution in [0.2, 0.25) is 0 Å². The smallest absolute Gasteiger partial charge is 0.195 e. The third-order valence-electron chi connectivity index (χ3n) is 3.08. The molecule has 1 aliphatic heterocycles. The third kappa shape index (κ3) is 1.23. The molecule has 76 valence electrons. The molecule has 2 fully saturated rings. The molecule has 14 heavy (non-hydrogen) atoms. The fourth-order valence-corrected chi connectivity index (χ4v) is 2.42. The first-order valence-corrected chi connectivity index (χ1v) is 5.52. The summed E-state index contributed by atoms with van der Waals surface area (Å²) in [4.78, 5) is 2.30. The van der Waals surface area contributed by atoms with Crippen molar-refractivity contribution in [2.24, 2.45) is 0 Å². The summed E-state index contributed by atoms with van der Waals surface area (Å²) < 4.78 is 3.03. The Balaban J connectivity index is 1.94. The molecule has 5 heteroatoms. The maximum atomic E-state index is 5.26. The van der Waals surface area contributed by atoms with Gasteiger partial charge in [0.2, 0.25) is 0 Å². The van der Waals surface area contributed by atoms with Crippen molar-refractivity contribution in [1.82, 2.24) is 19.7 Å². The predicted molar refractivity (Wildman–Crippen MR) is 55.9 cm³/mol. The zero-order chi connectivity index (χ0) is 9.71. The van der Waals surface area contributed by atoms with Crippen molar-refractivity contribution in [2.75, 3.05) is 20.1 Å². The molecule has 1 aliphatic carbocycles. The van der Waals surface area contributed by atoms with Crippen molar-refractivity contribution in [3.05, 3.63) is 10.6 Å². The zero-order valence-electron chi connectivity index (χ0n) is 8.23. The molecular formula is C9H14N4S. The number of likely N-dealkylation sites (tertiary alicyclic amines) is 1. The normalized spacial score (nSPS) is 23.8. The maximum absolute atomic E-state index is 5.26.